The molecular formula is C14H19N3O3S. The lowest BCUT2D eigenvalue weighted by molar-refractivity contribution is -0.117. The Morgan fingerprint density at radius 3 is 2.38 bits per heavy atom. The van der Waals surface area contributed by atoms with Crippen molar-refractivity contribution in [2.75, 3.05) is 6.54 Å². The average molecular weight is 309 g/mol. The van der Waals surface area contributed by atoms with E-state index >= 15 is 0 Å². The molecule has 0 bridgehead atoms. The van der Waals surface area contributed by atoms with E-state index in [0.29, 0.717) is 10.5 Å². The lowest BCUT2D eigenvalue weighted by atomic mass is 10.1. The smallest absolute Gasteiger partial charge is 0.284 e. The summed E-state index contributed by atoms with van der Waals surface area (Å²) < 4.78 is 0. The van der Waals surface area contributed by atoms with Gasteiger partial charge in [0.25, 0.3) is 11.1 Å². The van der Waals surface area contributed by atoms with Crippen molar-refractivity contribution < 1.29 is 14.4 Å². The van der Waals surface area contributed by atoms with Crippen LogP contribution in [0.2, 0.25) is 0 Å². The molecule has 0 spiro atoms. The van der Waals surface area contributed by atoms with Gasteiger partial charge in [0.1, 0.15) is 0 Å². The molecule has 0 unspecified atom stereocenters. The minimum absolute atomic E-state index is 0.244. The van der Waals surface area contributed by atoms with Gasteiger partial charge in [-0.3, -0.25) is 14.4 Å². The Bertz CT molecular complexity index is 553. The third-order valence-corrected chi connectivity index (χ3v) is 3.10. The maximum Gasteiger partial charge on any atom is 0.284 e. The van der Waals surface area contributed by atoms with Crippen molar-refractivity contribution in [3.05, 3.63) is 29.8 Å². The second kappa shape index (κ2) is 7.12. The van der Waals surface area contributed by atoms with Crippen molar-refractivity contribution in [3.8, 4) is 0 Å². The Hall–Kier alpha value is -2.02. The normalized spacial score (nSPS) is 10.8. The van der Waals surface area contributed by atoms with Crippen molar-refractivity contribution in [3.63, 3.8) is 0 Å². The number of primary amides is 1. The van der Waals surface area contributed by atoms with Gasteiger partial charge in [-0.1, -0.05) is 12.1 Å². The van der Waals surface area contributed by atoms with Crippen LogP contribution in [0.4, 0.5) is 4.79 Å². The van der Waals surface area contributed by atoms with Gasteiger partial charge in [0, 0.05) is 10.4 Å². The summed E-state index contributed by atoms with van der Waals surface area (Å²) in [5, 5.41) is 4.95. The first-order chi connectivity index (χ1) is 9.69. The first-order valence-corrected chi connectivity index (χ1v) is 7.16. The van der Waals surface area contributed by atoms with Crippen molar-refractivity contribution in [2.24, 2.45) is 5.73 Å². The zero-order valence-electron chi connectivity index (χ0n) is 12.2. The summed E-state index contributed by atoms with van der Waals surface area (Å²) in [6.07, 6.45) is 0. The van der Waals surface area contributed by atoms with Crippen LogP contribution in [-0.2, 0) is 4.79 Å². The molecule has 0 heterocycles. The van der Waals surface area contributed by atoms with Crippen LogP contribution in [0, 0.1) is 0 Å². The molecule has 0 aliphatic heterocycles. The Morgan fingerprint density at radius 1 is 1.19 bits per heavy atom. The monoisotopic (exact) mass is 309 g/mol. The van der Waals surface area contributed by atoms with Gasteiger partial charge < -0.3 is 16.4 Å². The number of hydrogen-bond acceptors (Lipinski definition) is 4. The van der Waals surface area contributed by atoms with Gasteiger partial charge in [-0.15, -0.1) is 0 Å². The molecular weight excluding hydrogens is 290 g/mol. The fourth-order valence-electron chi connectivity index (χ4n) is 1.44. The van der Waals surface area contributed by atoms with Gasteiger partial charge in [0.05, 0.1) is 12.1 Å². The minimum atomic E-state index is -0.626. The van der Waals surface area contributed by atoms with Crippen molar-refractivity contribution in [1.82, 2.24) is 10.6 Å². The highest BCUT2D eigenvalue weighted by molar-refractivity contribution is 8.13. The van der Waals surface area contributed by atoms with Crippen LogP contribution < -0.4 is 16.4 Å². The number of carbonyl (C=O) groups is 3. The molecule has 1 rings (SSSR count). The highest BCUT2D eigenvalue weighted by Crippen LogP contribution is 2.24. The van der Waals surface area contributed by atoms with Gasteiger partial charge in [-0.05, 0) is 44.7 Å². The number of hydrogen-bond donors (Lipinski definition) is 3. The number of thioether (sulfide) groups is 1. The van der Waals surface area contributed by atoms with Gasteiger partial charge in [-0.25, -0.2) is 0 Å². The Balaban J connectivity index is 2.82. The highest BCUT2D eigenvalue weighted by atomic mass is 32.2. The Morgan fingerprint density at radius 2 is 1.81 bits per heavy atom. The Labute approximate surface area is 127 Å². The molecule has 7 heteroatoms. The quantitative estimate of drug-likeness (QED) is 0.734. The maximum atomic E-state index is 12.0. The van der Waals surface area contributed by atoms with Crippen molar-refractivity contribution in [2.45, 2.75) is 31.2 Å². The first-order valence-electron chi connectivity index (χ1n) is 6.34. The topological polar surface area (TPSA) is 101 Å². The van der Waals surface area contributed by atoms with E-state index in [1.165, 1.54) is 0 Å². The van der Waals surface area contributed by atoms with Crippen LogP contribution in [0.25, 0.3) is 0 Å². The van der Waals surface area contributed by atoms with Crippen molar-refractivity contribution >= 4 is 28.8 Å². The molecule has 4 N–H and O–H groups in total. The Kier molecular flexibility index (Phi) is 5.78. The molecule has 21 heavy (non-hydrogen) atoms. The summed E-state index contributed by atoms with van der Waals surface area (Å²) in [4.78, 5) is 35.1. The van der Waals surface area contributed by atoms with Gasteiger partial charge in [0.2, 0.25) is 5.91 Å². The van der Waals surface area contributed by atoms with E-state index in [2.05, 4.69) is 10.6 Å². The molecule has 1 aromatic rings. The maximum absolute atomic E-state index is 12.0. The zero-order chi connectivity index (χ0) is 16.0. The van der Waals surface area contributed by atoms with Gasteiger partial charge in [0.15, 0.2) is 0 Å². The molecule has 0 atom stereocenters. The molecule has 3 amide bonds. The van der Waals surface area contributed by atoms with Crippen LogP contribution in [-0.4, -0.2) is 29.1 Å². The fraction of sp³-hybridized carbons (Fsp3) is 0.357. The molecule has 6 nitrogen and oxygen atoms in total. The zero-order valence-corrected chi connectivity index (χ0v) is 13.0. The predicted molar refractivity (Wildman–Crippen MR) is 82.1 cm³/mol. The predicted octanol–water partition coefficient (Wildman–Crippen LogP) is 1.50. The van der Waals surface area contributed by atoms with E-state index < -0.39 is 11.8 Å². The van der Waals surface area contributed by atoms with Crippen LogP contribution in [0.5, 0.6) is 0 Å². The summed E-state index contributed by atoms with van der Waals surface area (Å²) in [6, 6.07) is 6.68. The van der Waals surface area contributed by atoms with E-state index in [0.717, 1.165) is 11.8 Å². The molecule has 1 aromatic carbocycles. The number of carbonyl (C=O) groups excluding carboxylic acids is 3. The summed E-state index contributed by atoms with van der Waals surface area (Å²) in [5.41, 5.74) is 4.96. The summed E-state index contributed by atoms with van der Waals surface area (Å²) in [7, 11) is 0. The number of amides is 3. The van der Waals surface area contributed by atoms with Crippen LogP contribution in [0.3, 0.4) is 0 Å². The third-order valence-electron chi connectivity index (χ3n) is 2.23. The summed E-state index contributed by atoms with van der Waals surface area (Å²) >= 11 is 0.933. The largest absolute Gasteiger partial charge is 0.368 e. The molecule has 0 fully saturated rings. The van der Waals surface area contributed by atoms with E-state index in [-0.39, 0.29) is 17.3 Å². The number of nitrogens with two attached hydrogens (primary N) is 1. The van der Waals surface area contributed by atoms with E-state index in [1.54, 1.807) is 24.3 Å². The minimum Gasteiger partial charge on any atom is -0.368 e. The highest BCUT2D eigenvalue weighted by Gasteiger charge is 2.18. The van der Waals surface area contributed by atoms with E-state index in [9.17, 15) is 14.4 Å². The van der Waals surface area contributed by atoms with Crippen LogP contribution in [0.1, 0.15) is 31.1 Å². The summed E-state index contributed by atoms with van der Waals surface area (Å²) in [5.74, 6) is -1.07. The molecule has 0 saturated heterocycles. The van der Waals surface area contributed by atoms with Gasteiger partial charge in [-0.2, -0.15) is 0 Å². The van der Waals surface area contributed by atoms with Crippen LogP contribution in [0.15, 0.2) is 29.2 Å². The molecule has 0 saturated carbocycles. The molecule has 0 radical (unpaired) electrons. The van der Waals surface area contributed by atoms with Crippen LogP contribution >= 0.6 is 11.8 Å². The lowest BCUT2D eigenvalue weighted by Crippen LogP contribution is -2.38. The second-order valence-corrected chi connectivity index (χ2v) is 6.42. The fourth-order valence-corrected chi connectivity index (χ4v) is 2.41. The molecule has 0 aliphatic carbocycles. The first kappa shape index (κ1) is 17.0. The van der Waals surface area contributed by atoms with E-state index in [1.807, 2.05) is 20.8 Å². The standard InChI is InChI=1S/C14H19N3O3S/c1-14(2,3)17-13(20)21-10-7-5-4-6-9(10)12(19)16-8-11(15)18/h4-7H,8H2,1-3H3,(H2,15,18)(H,16,19)(H,17,20). The molecule has 0 aromatic heterocycles. The third kappa shape index (κ3) is 6.31. The number of rotatable bonds is 4. The lowest BCUT2D eigenvalue weighted by Gasteiger charge is -2.20. The summed E-state index contributed by atoms with van der Waals surface area (Å²) in [6.45, 7) is 5.37. The number of benzene rings is 1. The SMILES string of the molecule is CC(C)(C)NC(=O)Sc1ccccc1C(=O)NCC(N)=O. The number of nitrogens with one attached hydrogen (secondary N) is 2. The van der Waals surface area contributed by atoms with E-state index in [4.69, 9.17) is 5.73 Å². The molecule has 114 valence electrons. The average Bonchev–Trinajstić information content (AvgIpc) is 2.34. The van der Waals surface area contributed by atoms with Crippen molar-refractivity contribution in [1.29, 1.82) is 0 Å². The molecule has 0 aliphatic rings. The van der Waals surface area contributed by atoms with Gasteiger partial charge >= 0.3 is 0 Å². The second-order valence-electron chi connectivity index (χ2n) is 5.41.